The van der Waals surface area contributed by atoms with Crippen molar-refractivity contribution in [2.24, 2.45) is 0 Å². The first-order valence-corrected chi connectivity index (χ1v) is 9.97. The summed E-state index contributed by atoms with van der Waals surface area (Å²) >= 11 is 7.12. The van der Waals surface area contributed by atoms with Gasteiger partial charge in [0.2, 0.25) is 0 Å². The SMILES string of the molecule is CCCOC(=O)c1c(NC(=O)c2c(Cl)cnn2CC)sc(C(=O)N(C)C)c1C. The number of esters is 1. The summed E-state index contributed by atoms with van der Waals surface area (Å²) < 4.78 is 6.70. The van der Waals surface area contributed by atoms with Crippen molar-refractivity contribution in [1.29, 1.82) is 0 Å². The van der Waals surface area contributed by atoms with Gasteiger partial charge in [0.1, 0.15) is 10.7 Å². The summed E-state index contributed by atoms with van der Waals surface area (Å²) in [5.41, 5.74) is 0.828. The molecule has 8 nitrogen and oxygen atoms in total. The number of rotatable bonds is 7. The van der Waals surface area contributed by atoms with E-state index in [1.165, 1.54) is 15.8 Å². The number of ether oxygens (including phenoxy) is 1. The number of hydrogen-bond acceptors (Lipinski definition) is 6. The van der Waals surface area contributed by atoms with Crippen LogP contribution in [-0.2, 0) is 11.3 Å². The lowest BCUT2D eigenvalue weighted by Crippen LogP contribution is -2.21. The van der Waals surface area contributed by atoms with Crippen LogP contribution in [0.4, 0.5) is 5.00 Å². The van der Waals surface area contributed by atoms with Gasteiger partial charge < -0.3 is 15.0 Å². The highest BCUT2D eigenvalue weighted by Crippen LogP contribution is 2.35. The van der Waals surface area contributed by atoms with Crippen molar-refractivity contribution in [3.63, 3.8) is 0 Å². The number of hydrogen-bond donors (Lipinski definition) is 1. The first-order chi connectivity index (χ1) is 13.2. The molecule has 0 spiro atoms. The zero-order valence-electron chi connectivity index (χ0n) is 16.5. The molecule has 0 aliphatic carbocycles. The van der Waals surface area contributed by atoms with Crippen LogP contribution in [0.1, 0.15) is 56.3 Å². The van der Waals surface area contributed by atoms with Crippen LogP contribution >= 0.6 is 22.9 Å². The summed E-state index contributed by atoms with van der Waals surface area (Å²) in [6, 6.07) is 0. The van der Waals surface area contributed by atoms with Crippen LogP contribution in [0.5, 0.6) is 0 Å². The van der Waals surface area contributed by atoms with Crippen molar-refractivity contribution in [1.82, 2.24) is 14.7 Å². The van der Waals surface area contributed by atoms with Crippen LogP contribution in [-0.4, -0.2) is 53.2 Å². The number of nitrogens with zero attached hydrogens (tertiary/aromatic N) is 3. The molecule has 0 aliphatic rings. The fraction of sp³-hybridized carbons (Fsp3) is 0.444. The molecule has 0 saturated carbocycles. The molecule has 2 amide bonds. The van der Waals surface area contributed by atoms with Crippen LogP contribution in [0.15, 0.2) is 6.20 Å². The summed E-state index contributed by atoms with van der Waals surface area (Å²) in [6.45, 7) is 6.07. The Bertz CT molecular complexity index is 904. The third-order valence-electron chi connectivity index (χ3n) is 3.93. The van der Waals surface area contributed by atoms with E-state index in [1.807, 2.05) is 13.8 Å². The highest BCUT2D eigenvalue weighted by Gasteiger charge is 2.28. The lowest BCUT2D eigenvalue weighted by Gasteiger charge is -2.09. The van der Waals surface area contributed by atoms with Crippen LogP contribution in [0.25, 0.3) is 0 Å². The highest BCUT2D eigenvalue weighted by atomic mass is 35.5. The van der Waals surface area contributed by atoms with E-state index in [0.717, 1.165) is 11.3 Å². The van der Waals surface area contributed by atoms with Gasteiger partial charge in [0.15, 0.2) is 0 Å². The van der Waals surface area contributed by atoms with Crippen molar-refractivity contribution in [2.45, 2.75) is 33.7 Å². The predicted octanol–water partition coefficient (Wildman–Crippen LogP) is 3.45. The second kappa shape index (κ2) is 9.20. The van der Waals surface area contributed by atoms with E-state index in [0.29, 0.717) is 23.4 Å². The molecule has 2 heterocycles. The van der Waals surface area contributed by atoms with Gasteiger partial charge in [-0.15, -0.1) is 11.3 Å². The molecule has 152 valence electrons. The van der Waals surface area contributed by atoms with Crippen molar-refractivity contribution in [3.05, 3.63) is 32.9 Å². The van der Waals surface area contributed by atoms with E-state index in [2.05, 4.69) is 10.4 Å². The van der Waals surface area contributed by atoms with Gasteiger partial charge >= 0.3 is 5.97 Å². The van der Waals surface area contributed by atoms with Crippen molar-refractivity contribution in [2.75, 3.05) is 26.0 Å². The number of halogens is 1. The van der Waals surface area contributed by atoms with E-state index < -0.39 is 11.9 Å². The number of aromatic nitrogens is 2. The Morgan fingerprint density at radius 3 is 2.57 bits per heavy atom. The molecular formula is C18H23ClN4O4S. The summed E-state index contributed by atoms with van der Waals surface area (Å²) in [5, 5.41) is 7.19. The van der Waals surface area contributed by atoms with Gasteiger partial charge in [0, 0.05) is 20.6 Å². The number of anilines is 1. The minimum atomic E-state index is -0.584. The summed E-state index contributed by atoms with van der Waals surface area (Å²) in [5.74, 6) is -1.36. The Hall–Kier alpha value is -2.39. The smallest absolute Gasteiger partial charge is 0.341 e. The quantitative estimate of drug-likeness (QED) is 0.684. The van der Waals surface area contributed by atoms with E-state index in [-0.39, 0.29) is 33.8 Å². The van der Waals surface area contributed by atoms with E-state index >= 15 is 0 Å². The van der Waals surface area contributed by atoms with Crippen LogP contribution in [0, 0.1) is 6.92 Å². The van der Waals surface area contributed by atoms with Crippen molar-refractivity contribution < 1.29 is 19.1 Å². The van der Waals surface area contributed by atoms with Gasteiger partial charge in [-0.25, -0.2) is 4.79 Å². The molecule has 28 heavy (non-hydrogen) atoms. The maximum Gasteiger partial charge on any atom is 0.341 e. The summed E-state index contributed by atoms with van der Waals surface area (Å²) in [7, 11) is 3.24. The van der Waals surface area contributed by atoms with Crippen molar-refractivity contribution in [3.8, 4) is 0 Å². The lowest BCUT2D eigenvalue weighted by molar-refractivity contribution is 0.0506. The van der Waals surface area contributed by atoms with Crippen molar-refractivity contribution >= 4 is 45.7 Å². The number of carbonyl (C=O) groups excluding carboxylic acids is 3. The van der Waals surface area contributed by atoms with Gasteiger partial charge in [0.05, 0.1) is 28.3 Å². The third kappa shape index (κ3) is 4.36. The zero-order chi connectivity index (χ0) is 21.0. The maximum atomic E-state index is 12.8. The first kappa shape index (κ1) is 21.9. The Morgan fingerprint density at radius 2 is 2.00 bits per heavy atom. The number of carbonyl (C=O) groups is 3. The van der Waals surface area contributed by atoms with E-state index in [4.69, 9.17) is 16.3 Å². The number of amides is 2. The van der Waals surface area contributed by atoms with E-state index in [1.54, 1.807) is 21.0 Å². The first-order valence-electron chi connectivity index (χ1n) is 8.77. The van der Waals surface area contributed by atoms with Gasteiger partial charge in [-0.1, -0.05) is 18.5 Å². The fourth-order valence-electron chi connectivity index (χ4n) is 2.51. The zero-order valence-corrected chi connectivity index (χ0v) is 18.0. The largest absolute Gasteiger partial charge is 0.462 e. The Labute approximate surface area is 172 Å². The molecule has 0 radical (unpaired) electrons. The molecule has 0 aliphatic heterocycles. The predicted molar refractivity (Wildman–Crippen MR) is 109 cm³/mol. The third-order valence-corrected chi connectivity index (χ3v) is 5.40. The van der Waals surface area contributed by atoms with E-state index in [9.17, 15) is 14.4 Å². The standard InChI is InChI=1S/C18H23ClN4O4S/c1-6-8-27-18(26)12-10(3)14(17(25)22(4)5)28-16(12)21-15(24)13-11(19)9-20-23(13)7-2/h9H,6-8H2,1-5H3,(H,21,24). The molecule has 0 bridgehead atoms. The van der Waals surface area contributed by atoms with Crippen LogP contribution in [0.3, 0.4) is 0 Å². The van der Waals surface area contributed by atoms with Gasteiger partial charge in [-0.05, 0) is 25.8 Å². The van der Waals surface area contributed by atoms with Crippen LogP contribution < -0.4 is 5.32 Å². The Morgan fingerprint density at radius 1 is 1.32 bits per heavy atom. The molecule has 0 saturated heterocycles. The molecule has 0 atom stereocenters. The molecule has 2 rings (SSSR count). The molecule has 0 aromatic carbocycles. The second-order valence-corrected chi connectivity index (χ2v) is 7.63. The molecule has 0 fully saturated rings. The highest BCUT2D eigenvalue weighted by molar-refractivity contribution is 7.18. The van der Waals surface area contributed by atoms with Gasteiger partial charge in [-0.2, -0.15) is 5.10 Å². The Kier molecular flexibility index (Phi) is 7.20. The summed E-state index contributed by atoms with van der Waals surface area (Å²) in [4.78, 5) is 39.6. The number of nitrogens with one attached hydrogen (secondary N) is 1. The molecule has 10 heteroatoms. The molecule has 2 aromatic rings. The number of thiophene rings is 1. The Balaban J connectivity index is 2.47. The van der Waals surface area contributed by atoms with Gasteiger partial charge in [0.25, 0.3) is 11.8 Å². The average Bonchev–Trinajstić information content (AvgIpc) is 3.18. The minimum Gasteiger partial charge on any atom is -0.462 e. The average molecular weight is 427 g/mol. The van der Waals surface area contributed by atoms with Gasteiger partial charge in [-0.3, -0.25) is 14.3 Å². The molecule has 0 unspecified atom stereocenters. The second-order valence-electron chi connectivity index (χ2n) is 6.21. The minimum absolute atomic E-state index is 0.177. The lowest BCUT2D eigenvalue weighted by atomic mass is 10.1. The molecular weight excluding hydrogens is 404 g/mol. The van der Waals surface area contributed by atoms with Crippen LogP contribution in [0.2, 0.25) is 5.02 Å². The monoisotopic (exact) mass is 426 g/mol. The molecule has 1 N–H and O–H groups in total. The topological polar surface area (TPSA) is 93.5 Å². The summed E-state index contributed by atoms with van der Waals surface area (Å²) in [6.07, 6.45) is 2.04. The maximum absolute atomic E-state index is 12.8. The molecule has 2 aromatic heterocycles. The fourth-order valence-corrected chi connectivity index (χ4v) is 3.95. The normalized spacial score (nSPS) is 10.6. The number of aryl methyl sites for hydroxylation is 1.